The Balaban J connectivity index is 1.78. The lowest BCUT2D eigenvalue weighted by atomic mass is 9.85. The number of pyridine rings is 1. The van der Waals surface area contributed by atoms with E-state index in [-0.39, 0.29) is 0 Å². The summed E-state index contributed by atoms with van der Waals surface area (Å²) in [5.41, 5.74) is 8.36. The van der Waals surface area contributed by atoms with Crippen LogP contribution in [0.5, 0.6) is 0 Å². The van der Waals surface area contributed by atoms with Crippen molar-refractivity contribution in [3.05, 3.63) is 35.6 Å². The second kappa shape index (κ2) is 5.16. The van der Waals surface area contributed by atoms with Crippen molar-refractivity contribution in [2.45, 2.75) is 37.6 Å². The molecule has 0 radical (unpaired) electrons. The number of rotatable bonds is 2. The van der Waals surface area contributed by atoms with Crippen molar-refractivity contribution in [3.63, 3.8) is 0 Å². The summed E-state index contributed by atoms with van der Waals surface area (Å²) < 4.78 is 0. The van der Waals surface area contributed by atoms with E-state index in [2.05, 4.69) is 10.4 Å². The van der Waals surface area contributed by atoms with Gasteiger partial charge in [0.05, 0.1) is 5.69 Å². The van der Waals surface area contributed by atoms with Gasteiger partial charge in [-0.3, -0.25) is 4.98 Å². The molecule has 0 unspecified atom stereocenters. The van der Waals surface area contributed by atoms with E-state index in [9.17, 15) is 0 Å². The topological polar surface area (TPSA) is 51.8 Å². The molecule has 0 amide bonds. The monoisotopic (exact) mass is 259 g/mol. The third-order valence-corrected chi connectivity index (χ3v) is 4.55. The van der Waals surface area contributed by atoms with Crippen molar-refractivity contribution >= 4 is 11.3 Å². The van der Waals surface area contributed by atoms with Crippen LogP contribution in [0.25, 0.3) is 10.6 Å². The molecule has 2 aromatic rings. The number of aromatic nitrogens is 2. The molecule has 94 valence electrons. The molecule has 1 aliphatic carbocycles. The Morgan fingerprint density at radius 2 is 1.83 bits per heavy atom. The van der Waals surface area contributed by atoms with Crippen molar-refractivity contribution in [3.8, 4) is 10.6 Å². The van der Waals surface area contributed by atoms with Crippen molar-refractivity contribution in [2.24, 2.45) is 5.73 Å². The van der Waals surface area contributed by atoms with Gasteiger partial charge in [-0.05, 0) is 37.8 Å². The van der Waals surface area contributed by atoms with Crippen LogP contribution in [0.2, 0.25) is 0 Å². The van der Waals surface area contributed by atoms with Gasteiger partial charge in [0.25, 0.3) is 0 Å². The summed E-state index contributed by atoms with van der Waals surface area (Å²) in [6.45, 7) is 0. The molecule has 1 saturated carbocycles. The van der Waals surface area contributed by atoms with Crippen molar-refractivity contribution in [1.29, 1.82) is 0 Å². The fourth-order valence-corrected chi connectivity index (χ4v) is 3.42. The maximum Gasteiger partial charge on any atom is 0.123 e. The minimum Gasteiger partial charge on any atom is -0.328 e. The molecule has 0 spiro atoms. The van der Waals surface area contributed by atoms with Gasteiger partial charge in [-0.1, -0.05) is 0 Å². The summed E-state index contributed by atoms with van der Waals surface area (Å²) in [5.74, 6) is 0.608. The maximum absolute atomic E-state index is 5.95. The second-order valence-electron chi connectivity index (χ2n) is 4.93. The Labute approximate surface area is 111 Å². The molecule has 3 rings (SSSR count). The van der Waals surface area contributed by atoms with Gasteiger partial charge in [-0.15, -0.1) is 11.3 Å². The summed E-state index contributed by atoms with van der Waals surface area (Å²) in [6, 6.07) is 4.43. The number of nitrogens with zero attached hydrogens (tertiary/aromatic N) is 2. The van der Waals surface area contributed by atoms with Gasteiger partial charge in [0.2, 0.25) is 0 Å². The molecule has 2 N–H and O–H groups in total. The summed E-state index contributed by atoms with van der Waals surface area (Å²) in [5, 5.41) is 3.30. The zero-order valence-corrected chi connectivity index (χ0v) is 11.1. The predicted molar refractivity (Wildman–Crippen MR) is 74.5 cm³/mol. The van der Waals surface area contributed by atoms with E-state index < -0.39 is 0 Å². The Kier molecular flexibility index (Phi) is 3.39. The second-order valence-corrected chi connectivity index (χ2v) is 5.78. The molecule has 1 fully saturated rings. The highest BCUT2D eigenvalue weighted by Gasteiger charge is 2.22. The first-order valence-electron chi connectivity index (χ1n) is 6.44. The lowest BCUT2D eigenvalue weighted by molar-refractivity contribution is 0.391. The first-order chi connectivity index (χ1) is 8.83. The molecule has 0 atom stereocenters. The van der Waals surface area contributed by atoms with Crippen LogP contribution in [0.1, 0.15) is 37.3 Å². The standard InChI is InChI=1S/C14H17N3S/c15-12-3-1-10(2-4-12)13-9-18-14(17-13)11-5-7-16-8-6-11/h5-10,12H,1-4,15H2. The minimum absolute atomic E-state index is 0.402. The smallest absolute Gasteiger partial charge is 0.123 e. The van der Waals surface area contributed by atoms with Crippen molar-refractivity contribution < 1.29 is 0 Å². The zero-order chi connectivity index (χ0) is 12.4. The lowest BCUT2D eigenvalue weighted by Crippen LogP contribution is -2.25. The largest absolute Gasteiger partial charge is 0.328 e. The van der Waals surface area contributed by atoms with Gasteiger partial charge >= 0.3 is 0 Å². The van der Waals surface area contributed by atoms with Crippen LogP contribution >= 0.6 is 11.3 Å². The van der Waals surface area contributed by atoms with Gasteiger partial charge in [0.1, 0.15) is 5.01 Å². The molecule has 0 aliphatic heterocycles. The molecule has 0 bridgehead atoms. The molecule has 2 aromatic heterocycles. The van der Waals surface area contributed by atoms with E-state index in [0.717, 1.165) is 23.4 Å². The van der Waals surface area contributed by atoms with E-state index in [1.54, 1.807) is 11.3 Å². The first-order valence-corrected chi connectivity index (χ1v) is 7.32. The fourth-order valence-electron chi connectivity index (χ4n) is 2.52. The van der Waals surface area contributed by atoms with E-state index in [1.807, 2.05) is 24.5 Å². The van der Waals surface area contributed by atoms with Crippen LogP contribution < -0.4 is 5.73 Å². The molecule has 1 aliphatic rings. The van der Waals surface area contributed by atoms with Gasteiger partial charge in [0.15, 0.2) is 0 Å². The Hall–Kier alpha value is -1.26. The van der Waals surface area contributed by atoms with Gasteiger partial charge in [-0.25, -0.2) is 4.98 Å². The summed E-state index contributed by atoms with van der Waals surface area (Å²) in [7, 11) is 0. The van der Waals surface area contributed by atoms with Crippen LogP contribution in [0.4, 0.5) is 0 Å². The van der Waals surface area contributed by atoms with Crippen LogP contribution in [0, 0.1) is 0 Å². The summed E-state index contributed by atoms with van der Waals surface area (Å²) in [6.07, 6.45) is 8.26. The number of nitrogens with two attached hydrogens (primary N) is 1. The van der Waals surface area contributed by atoms with E-state index in [1.165, 1.54) is 18.5 Å². The molecule has 0 saturated heterocycles. The molecule has 3 nitrogen and oxygen atoms in total. The highest BCUT2D eigenvalue weighted by molar-refractivity contribution is 7.13. The van der Waals surface area contributed by atoms with Gasteiger partial charge in [0, 0.05) is 35.3 Å². The third-order valence-electron chi connectivity index (χ3n) is 3.64. The Bertz CT molecular complexity index is 501. The molecular weight excluding hydrogens is 242 g/mol. The zero-order valence-electron chi connectivity index (χ0n) is 10.2. The highest BCUT2D eigenvalue weighted by atomic mass is 32.1. The minimum atomic E-state index is 0.402. The van der Waals surface area contributed by atoms with Crippen LogP contribution in [0.3, 0.4) is 0 Å². The number of hydrogen-bond donors (Lipinski definition) is 1. The first kappa shape index (κ1) is 11.8. The third kappa shape index (κ3) is 2.44. The predicted octanol–water partition coefficient (Wildman–Crippen LogP) is 3.19. The molecule has 4 heteroatoms. The van der Waals surface area contributed by atoms with Crippen LogP contribution in [-0.4, -0.2) is 16.0 Å². The van der Waals surface area contributed by atoms with E-state index >= 15 is 0 Å². The Morgan fingerprint density at radius 3 is 2.56 bits per heavy atom. The van der Waals surface area contributed by atoms with Gasteiger partial charge < -0.3 is 5.73 Å². The summed E-state index contributed by atoms with van der Waals surface area (Å²) >= 11 is 1.73. The lowest BCUT2D eigenvalue weighted by Gasteiger charge is -2.24. The SMILES string of the molecule is NC1CCC(c2csc(-c3ccncc3)n2)CC1. The highest BCUT2D eigenvalue weighted by Crippen LogP contribution is 2.34. The molecule has 2 heterocycles. The maximum atomic E-state index is 5.95. The summed E-state index contributed by atoms with van der Waals surface area (Å²) in [4.78, 5) is 8.82. The Morgan fingerprint density at radius 1 is 1.11 bits per heavy atom. The van der Waals surface area contributed by atoms with Crippen LogP contribution in [-0.2, 0) is 0 Å². The van der Waals surface area contributed by atoms with Gasteiger partial charge in [-0.2, -0.15) is 0 Å². The quantitative estimate of drug-likeness (QED) is 0.901. The van der Waals surface area contributed by atoms with E-state index in [0.29, 0.717) is 12.0 Å². The van der Waals surface area contributed by atoms with Crippen molar-refractivity contribution in [2.75, 3.05) is 0 Å². The normalized spacial score (nSPS) is 24.1. The average molecular weight is 259 g/mol. The molecule has 18 heavy (non-hydrogen) atoms. The fraction of sp³-hybridized carbons (Fsp3) is 0.429. The molecular formula is C14H17N3S. The van der Waals surface area contributed by atoms with E-state index in [4.69, 9.17) is 10.7 Å². The van der Waals surface area contributed by atoms with Crippen molar-refractivity contribution in [1.82, 2.24) is 9.97 Å². The number of thiazole rings is 1. The molecule has 0 aromatic carbocycles. The van der Waals surface area contributed by atoms with Crippen LogP contribution in [0.15, 0.2) is 29.9 Å². The number of hydrogen-bond acceptors (Lipinski definition) is 4. The average Bonchev–Trinajstić information content (AvgIpc) is 2.90.